The van der Waals surface area contributed by atoms with Crippen molar-refractivity contribution >= 4 is 11.7 Å². The zero-order valence-corrected chi connectivity index (χ0v) is 11.5. The van der Waals surface area contributed by atoms with Crippen LogP contribution in [0.2, 0.25) is 0 Å². The first-order chi connectivity index (χ1) is 9.20. The molecule has 1 fully saturated rings. The fraction of sp³-hybridized carbons (Fsp3) is 0.600. The number of rotatable bonds is 4. The Bertz CT molecular complexity index is 521. The summed E-state index contributed by atoms with van der Waals surface area (Å²) in [5.41, 5.74) is 11.2. The summed E-state index contributed by atoms with van der Waals surface area (Å²) in [6.07, 6.45) is 7.69. The van der Waals surface area contributed by atoms with Crippen LogP contribution in [0, 0.1) is 0 Å². The number of fused-ring (bicyclic) bond motifs is 1. The molecule has 0 aliphatic heterocycles. The molecule has 2 aliphatic carbocycles. The molecule has 4 heteroatoms. The van der Waals surface area contributed by atoms with Gasteiger partial charge in [0.25, 0.3) is 0 Å². The van der Waals surface area contributed by atoms with Crippen molar-refractivity contribution in [2.24, 2.45) is 5.73 Å². The summed E-state index contributed by atoms with van der Waals surface area (Å²) in [5.74, 6) is 0.612. The third-order valence-electron chi connectivity index (χ3n) is 4.07. The van der Waals surface area contributed by atoms with E-state index in [1.807, 2.05) is 0 Å². The molecular formula is C15H21N3O. The SMILES string of the molecule is CCCc1c(C2CC2)nc2c(c1NC(N)=O)CCC2. The Morgan fingerprint density at radius 2 is 2.21 bits per heavy atom. The lowest BCUT2D eigenvalue weighted by molar-refractivity contribution is 0.259. The number of urea groups is 1. The Hall–Kier alpha value is -1.58. The number of primary amides is 1. The normalized spacial score (nSPS) is 17.3. The van der Waals surface area contributed by atoms with Crippen LogP contribution >= 0.6 is 0 Å². The molecule has 0 aromatic carbocycles. The Morgan fingerprint density at radius 3 is 2.84 bits per heavy atom. The first-order valence-electron chi connectivity index (χ1n) is 7.31. The van der Waals surface area contributed by atoms with E-state index < -0.39 is 6.03 Å². The van der Waals surface area contributed by atoms with E-state index in [9.17, 15) is 4.79 Å². The van der Waals surface area contributed by atoms with Crippen LogP contribution in [0.15, 0.2) is 0 Å². The first-order valence-corrected chi connectivity index (χ1v) is 7.31. The third-order valence-corrected chi connectivity index (χ3v) is 4.07. The van der Waals surface area contributed by atoms with Crippen molar-refractivity contribution in [2.45, 2.75) is 57.8 Å². The van der Waals surface area contributed by atoms with E-state index >= 15 is 0 Å². The topological polar surface area (TPSA) is 68.0 Å². The number of hydrogen-bond donors (Lipinski definition) is 2. The number of hydrogen-bond acceptors (Lipinski definition) is 2. The van der Waals surface area contributed by atoms with E-state index in [2.05, 4.69) is 12.2 Å². The average molecular weight is 259 g/mol. The lowest BCUT2D eigenvalue weighted by atomic mass is 9.98. The average Bonchev–Trinajstić information content (AvgIpc) is 3.10. The summed E-state index contributed by atoms with van der Waals surface area (Å²) in [6.45, 7) is 2.16. The van der Waals surface area contributed by atoms with Crippen molar-refractivity contribution in [3.63, 3.8) is 0 Å². The molecule has 0 radical (unpaired) electrons. The number of aromatic nitrogens is 1. The highest BCUT2D eigenvalue weighted by molar-refractivity contribution is 5.90. The fourth-order valence-corrected chi connectivity index (χ4v) is 3.12. The maximum atomic E-state index is 11.3. The number of aryl methyl sites for hydroxylation is 1. The third kappa shape index (κ3) is 2.31. The minimum atomic E-state index is -0.459. The van der Waals surface area contributed by atoms with Gasteiger partial charge in [0.1, 0.15) is 0 Å². The zero-order chi connectivity index (χ0) is 13.4. The maximum absolute atomic E-state index is 11.3. The number of carbonyl (C=O) groups excluding carboxylic acids is 1. The first kappa shape index (κ1) is 12.5. The molecule has 0 saturated heterocycles. The van der Waals surface area contributed by atoms with Gasteiger partial charge in [0.2, 0.25) is 0 Å². The van der Waals surface area contributed by atoms with Gasteiger partial charge in [-0.05, 0) is 49.7 Å². The second-order valence-corrected chi connectivity index (χ2v) is 5.64. The molecule has 3 rings (SSSR count). The predicted molar refractivity (Wildman–Crippen MR) is 75.4 cm³/mol. The monoisotopic (exact) mass is 259 g/mol. The molecule has 4 nitrogen and oxygen atoms in total. The second kappa shape index (κ2) is 4.83. The Kier molecular flexibility index (Phi) is 3.17. The molecule has 1 aromatic heterocycles. The molecule has 1 saturated carbocycles. The molecule has 0 bridgehead atoms. The summed E-state index contributed by atoms with van der Waals surface area (Å²) in [4.78, 5) is 16.2. The van der Waals surface area contributed by atoms with Crippen molar-refractivity contribution < 1.29 is 4.79 Å². The minimum Gasteiger partial charge on any atom is -0.351 e. The van der Waals surface area contributed by atoms with Crippen LogP contribution in [0.3, 0.4) is 0 Å². The Labute approximate surface area is 113 Å². The molecule has 0 atom stereocenters. The van der Waals surface area contributed by atoms with Crippen LogP contribution in [0.1, 0.15) is 61.0 Å². The summed E-state index contributed by atoms with van der Waals surface area (Å²) in [5, 5.41) is 2.88. The van der Waals surface area contributed by atoms with E-state index in [1.54, 1.807) is 0 Å². The highest BCUT2D eigenvalue weighted by atomic mass is 16.2. The van der Waals surface area contributed by atoms with E-state index in [1.165, 1.54) is 35.4 Å². The van der Waals surface area contributed by atoms with Gasteiger partial charge in [0.15, 0.2) is 0 Å². The number of amides is 2. The van der Waals surface area contributed by atoms with Crippen LogP contribution in [-0.2, 0) is 19.3 Å². The number of carbonyl (C=O) groups is 1. The van der Waals surface area contributed by atoms with Gasteiger partial charge in [0, 0.05) is 17.3 Å². The standard InChI is InChI=1S/C15H21N3O/c1-2-4-11-13(9-7-8-9)17-12-6-3-5-10(12)14(11)18-15(16)19/h9H,2-8H2,1H3,(H3,16,17,18,19). The van der Waals surface area contributed by atoms with Crippen LogP contribution < -0.4 is 11.1 Å². The Morgan fingerprint density at radius 1 is 1.42 bits per heavy atom. The second-order valence-electron chi connectivity index (χ2n) is 5.64. The minimum absolute atomic E-state index is 0.459. The van der Waals surface area contributed by atoms with Gasteiger partial charge in [-0.15, -0.1) is 0 Å². The maximum Gasteiger partial charge on any atom is 0.316 e. The van der Waals surface area contributed by atoms with Crippen molar-refractivity contribution in [1.82, 2.24) is 4.98 Å². The summed E-state index contributed by atoms with van der Waals surface area (Å²) in [6, 6.07) is -0.459. The largest absolute Gasteiger partial charge is 0.351 e. The molecule has 102 valence electrons. The zero-order valence-electron chi connectivity index (χ0n) is 11.5. The van der Waals surface area contributed by atoms with E-state index in [-0.39, 0.29) is 0 Å². The lowest BCUT2D eigenvalue weighted by Gasteiger charge is -2.18. The molecule has 2 amide bonds. The van der Waals surface area contributed by atoms with Crippen LogP contribution in [0.5, 0.6) is 0 Å². The Balaban J connectivity index is 2.12. The molecule has 1 aromatic rings. The summed E-state index contributed by atoms with van der Waals surface area (Å²) < 4.78 is 0. The van der Waals surface area contributed by atoms with Gasteiger partial charge >= 0.3 is 6.03 Å². The molecule has 0 unspecified atom stereocenters. The number of anilines is 1. The van der Waals surface area contributed by atoms with Gasteiger partial charge in [-0.3, -0.25) is 4.98 Å². The highest BCUT2D eigenvalue weighted by Crippen LogP contribution is 2.45. The molecule has 0 spiro atoms. The molecule has 3 N–H and O–H groups in total. The molecule has 1 heterocycles. The van der Waals surface area contributed by atoms with Crippen LogP contribution in [0.4, 0.5) is 10.5 Å². The van der Waals surface area contributed by atoms with Crippen LogP contribution in [0.25, 0.3) is 0 Å². The van der Waals surface area contributed by atoms with Crippen molar-refractivity contribution in [2.75, 3.05) is 5.32 Å². The molecule has 19 heavy (non-hydrogen) atoms. The van der Waals surface area contributed by atoms with Gasteiger partial charge in [-0.25, -0.2) is 4.79 Å². The molecular weight excluding hydrogens is 238 g/mol. The van der Waals surface area contributed by atoms with Crippen molar-refractivity contribution in [3.05, 3.63) is 22.5 Å². The van der Waals surface area contributed by atoms with E-state index in [4.69, 9.17) is 10.7 Å². The van der Waals surface area contributed by atoms with E-state index in [0.29, 0.717) is 5.92 Å². The van der Waals surface area contributed by atoms with Crippen molar-refractivity contribution in [1.29, 1.82) is 0 Å². The highest BCUT2D eigenvalue weighted by Gasteiger charge is 2.32. The number of nitrogens with one attached hydrogen (secondary N) is 1. The fourth-order valence-electron chi connectivity index (χ4n) is 3.12. The molecule has 2 aliphatic rings. The number of nitrogens with zero attached hydrogens (tertiary/aromatic N) is 1. The van der Waals surface area contributed by atoms with Gasteiger partial charge in [0.05, 0.1) is 5.69 Å². The van der Waals surface area contributed by atoms with Crippen LogP contribution in [-0.4, -0.2) is 11.0 Å². The van der Waals surface area contributed by atoms with E-state index in [0.717, 1.165) is 37.8 Å². The lowest BCUT2D eigenvalue weighted by Crippen LogP contribution is -2.22. The smallest absolute Gasteiger partial charge is 0.316 e. The number of nitrogens with two attached hydrogens (primary N) is 1. The predicted octanol–water partition coefficient (Wildman–Crippen LogP) is 2.89. The number of pyridine rings is 1. The van der Waals surface area contributed by atoms with Gasteiger partial charge in [-0.1, -0.05) is 13.3 Å². The quantitative estimate of drug-likeness (QED) is 0.873. The van der Waals surface area contributed by atoms with Gasteiger partial charge < -0.3 is 11.1 Å². The van der Waals surface area contributed by atoms with Gasteiger partial charge in [-0.2, -0.15) is 0 Å². The van der Waals surface area contributed by atoms with Crippen molar-refractivity contribution in [3.8, 4) is 0 Å². The summed E-state index contributed by atoms with van der Waals surface area (Å²) >= 11 is 0. The summed E-state index contributed by atoms with van der Waals surface area (Å²) in [7, 11) is 0.